The van der Waals surface area contributed by atoms with Crippen molar-refractivity contribution in [1.29, 1.82) is 0 Å². The Kier molecular flexibility index (Phi) is 7.14. The molecule has 2 atom stereocenters. The Balaban J connectivity index is 1.70. The minimum atomic E-state index is -0.610. The van der Waals surface area contributed by atoms with Crippen molar-refractivity contribution in [2.45, 2.75) is 18.9 Å². The van der Waals surface area contributed by atoms with Crippen LogP contribution in [0.4, 0.5) is 4.79 Å². The zero-order valence-electron chi connectivity index (χ0n) is 20.5. The molecule has 0 spiro atoms. The van der Waals surface area contributed by atoms with E-state index in [4.69, 9.17) is 14.2 Å². The minimum absolute atomic E-state index is 0.0832. The van der Waals surface area contributed by atoms with Gasteiger partial charge in [0.1, 0.15) is 0 Å². The molecular formula is C26H31N3O6. The number of methoxy groups -OCH3 is 2. The molecule has 4 rings (SSSR count). The second-order valence-corrected chi connectivity index (χ2v) is 8.55. The Morgan fingerprint density at radius 2 is 1.60 bits per heavy atom. The number of carbonyl (C=O) groups excluding carboxylic acids is 3. The minimum Gasteiger partial charge on any atom is -0.493 e. The van der Waals surface area contributed by atoms with Crippen LogP contribution >= 0.6 is 0 Å². The van der Waals surface area contributed by atoms with E-state index in [1.54, 1.807) is 61.1 Å². The number of amides is 3. The fourth-order valence-corrected chi connectivity index (χ4v) is 4.91. The lowest BCUT2D eigenvalue weighted by Crippen LogP contribution is -2.54. The highest BCUT2D eigenvalue weighted by molar-refractivity contribution is 6.01. The number of nitrogens with zero attached hydrogens (tertiary/aromatic N) is 3. The summed E-state index contributed by atoms with van der Waals surface area (Å²) in [5, 5.41) is 0. The summed E-state index contributed by atoms with van der Waals surface area (Å²) >= 11 is 0. The van der Waals surface area contributed by atoms with Gasteiger partial charge in [0.2, 0.25) is 5.91 Å². The molecule has 2 aliphatic heterocycles. The van der Waals surface area contributed by atoms with Crippen LogP contribution in [0.1, 0.15) is 40.4 Å². The molecule has 0 aliphatic carbocycles. The van der Waals surface area contributed by atoms with E-state index >= 15 is 0 Å². The van der Waals surface area contributed by atoms with Gasteiger partial charge in [0.05, 0.1) is 32.8 Å². The smallest absolute Gasteiger partial charge is 0.409 e. The number of hydrogen-bond acceptors (Lipinski definition) is 6. The summed E-state index contributed by atoms with van der Waals surface area (Å²) in [7, 11) is 4.84. The summed E-state index contributed by atoms with van der Waals surface area (Å²) < 4.78 is 16.0. The van der Waals surface area contributed by atoms with E-state index in [1.807, 2.05) is 24.3 Å². The number of rotatable bonds is 5. The first-order valence-electron chi connectivity index (χ1n) is 11.7. The summed E-state index contributed by atoms with van der Waals surface area (Å²) in [5.74, 6) is 0.260. The third-order valence-corrected chi connectivity index (χ3v) is 6.71. The van der Waals surface area contributed by atoms with E-state index in [1.165, 1.54) is 0 Å². The lowest BCUT2D eigenvalue weighted by Gasteiger charge is -2.43. The van der Waals surface area contributed by atoms with Crippen LogP contribution < -0.4 is 9.47 Å². The van der Waals surface area contributed by atoms with Gasteiger partial charge in [-0.05, 0) is 36.2 Å². The number of fused-ring (bicyclic) bond motifs is 1. The summed E-state index contributed by atoms with van der Waals surface area (Å²) in [6, 6.07) is 12.2. The summed E-state index contributed by atoms with van der Waals surface area (Å²) in [6.45, 7) is 3.66. The molecule has 2 aromatic carbocycles. The fourth-order valence-electron chi connectivity index (χ4n) is 4.91. The standard InChI is InChI=1S/C26H31N3O6/c1-5-35-26(32)29-14-12-28(13-15-29)25(31)22-18-8-6-7-9-19(18)24(30)27(2)23(22)17-10-11-20(33-3)21(16-17)34-4/h6-11,16,22-23H,5,12-15H2,1-4H3/t22-,23-/m0/s1. The van der Waals surface area contributed by atoms with Crippen molar-refractivity contribution in [1.82, 2.24) is 14.7 Å². The van der Waals surface area contributed by atoms with Gasteiger partial charge < -0.3 is 28.9 Å². The first-order valence-corrected chi connectivity index (χ1v) is 11.7. The number of benzene rings is 2. The predicted octanol–water partition coefficient (Wildman–Crippen LogP) is 2.92. The molecule has 0 bridgehead atoms. The SMILES string of the molecule is CCOC(=O)N1CCN(C(=O)[C@H]2c3ccccc3C(=O)N(C)[C@H]2c2ccc(OC)c(OC)c2)CC1. The predicted molar refractivity (Wildman–Crippen MR) is 129 cm³/mol. The first-order chi connectivity index (χ1) is 16.9. The first kappa shape index (κ1) is 24.4. The molecule has 9 heteroatoms. The molecule has 2 aromatic rings. The molecule has 35 heavy (non-hydrogen) atoms. The van der Waals surface area contributed by atoms with Crippen molar-refractivity contribution >= 4 is 17.9 Å². The number of carbonyl (C=O) groups is 3. The molecule has 0 unspecified atom stereocenters. The van der Waals surface area contributed by atoms with E-state index in [0.717, 1.165) is 5.56 Å². The third-order valence-electron chi connectivity index (χ3n) is 6.71. The maximum Gasteiger partial charge on any atom is 0.409 e. The second kappa shape index (κ2) is 10.2. The summed E-state index contributed by atoms with van der Waals surface area (Å²) in [6.07, 6.45) is -0.365. The van der Waals surface area contributed by atoms with Crippen molar-refractivity contribution in [3.05, 3.63) is 59.2 Å². The molecule has 1 fully saturated rings. The topological polar surface area (TPSA) is 88.6 Å². The number of likely N-dealkylation sites (N-methyl/N-ethyl adjacent to an activating group) is 1. The normalized spacial score (nSPS) is 19.8. The molecular weight excluding hydrogens is 450 g/mol. The van der Waals surface area contributed by atoms with Gasteiger partial charge in [-0.3, -0.25) is 9.59 Å². The van der Waals surface area contributed by atoms with Crippen LogP contribution in [0.2, 0.25) is 0 Å². The summed E-state index contributed by atoms with van der Waals surface area (Å²) in [5.41, 5.74) is 2.00. The van der Waals surface area contributed by atoms with Crippen LogP contribution in [-0.4, -0.2) is 86.7 Å². The van der Waals surface area contributed by atoms with Crippen molar-refractivity contribution < 1.29 is 28.6 Å². The zero-order valence-corrected chi connectivity index (χ0v) is 20.5. The monoisotopic (exact) mass is 481 g/mol. The Labute approximate surface area is 205 Å². The van der Waals surface area contributed by atoms with Gasteiger partial charge in [-0.25, -0.2) is 4.79 Å². The molecule has 186 valence electrons. The summed E-state index contributed by atoms with van der Waals surface area (Å²) in [4.78, 5) is 44.4. The molecule has 2 aliphatic rings. The maximum absolute atomic E-state index is 14.0. The zero-order chi connectivity index (χ0) is 25.1. The van der Waals surface area contributed by atoms with E-state index in [-0.39, 0.29) is 17.9 Å². The Morgan fingerprint density at radius 1 is 0.943 bits per heavy atom. The number of ether oxygens (including phenoxy) is 3. The average molecular weight is 482 g/mol. The highest BCUT2D eigenvalue weighted by Gasteiger charge is 2.44. The molecule has 0 saturated carbocycles. The largest absolute Gasteiger partial charge is 0.493 e. The quantitative estimate of drug-likeness (QED) is 0.653. The maximum atomic E-state index is 14.0. The molecule has 3 amide bonds. The Bertz CT molecular complexity index is 1110. The molecule has 0 aromatic heterocycles. The lowest BCUT2D eigenvalue weighted by molar-refractivity contribution is -0.136. The van der Waals surface area contributed by atoms with Crippen molar-refractivity contribution in [2.75, 3.05) is 54.1 Å². The molecule has 2 heterocycles. The van der Waals surface area contributed by atoms with Crippen LogP contribution in [0.5, 0.6) is 11.5 Å². The van der Waals surface area contributed by atoms with E-state index in [9.17, 15) is 14.4 Å². The van der Waals surface area contributed by atoms with Gasteiger partial charge in [0.25, 0.3) is 5.91 Å². The van der Waals surface area contributed by atoms with Crippen LogP contribution in [0.3, 0.4) is 0 Å². The van der Waals surface area contributed by atoms with Crippen LogP contribution in [-0.2, 0) is 9.53 Å². The highest BCUT2D eigenvalue weighted by Crippen LogP contribution is 2.44. The van der Waals surface area contributed by atoms with E-state index in [0.29, 0.717) is 55.4 Å². The second-order valence-electron chi connectivity index (χ2n) is 8.55. The molecule has 1 saturated heterocycles. The van der Waals surface area contributed by atoms with Crippen molar-refractivity contribution in [3.63, 3.8) is 0 Å². The number of hydrogen-bond donors (Lipinski definition) is 0. The van der Waals surface area contributed by atoms with Gasteiger partial charge in [0.15, 0.2) is 11.5 Å². The Morgan fingerprint density at radius 3 is 2.26 bits per heavy atom. The molecule has 0 radical (unpaired) electrons. The molecule has 0 N–H and O–H groups in total. The van der Waals surface area contributed by atoms with Gasteiger partial charge in [-0.1, -0.05) is 24.3 Å². The van der Waals surface area contributed by atoms with Crippen LogP contribution in [0, 0.1) is 0 Å². The van der Waals surface area contributed by atoms with Crippen LogP contribution in [0.15, 0.2) is 42.5 Å². The fraction of sp³-hybridized carbons (Fsp3) is 0.423. The van der Waals surface area contributed by atoms with Gasteiger partial charge in [-0.15, -0.1) is 0 Å². The van der Waals surface area contributed by atoms with Crippen molar-refractivity contribution in [2.24, 2.45) is 0 Å². The highest BCUT2D eigenvalue weighted by atomic mass is 16.6. The van der Waals surface area contributed by atoms with Gasteiger partial charge >= 0.3 is 6.09 Å². The lowest BCUT2D eigenvalue weighted by atomic mass is 9.79. The van der Waals surface area contributed by atoms with Gasteiger partial charge in [0, 0.05) is 38.8 Å². The van der Waals surface area contributed by atoms with Crippen molar-refractivity contribution in [3.8, 4) is 11.5 Å². The van der Waals surface area contributed by atoms with E-state index < -0.39 is 12.0 Å². The van der Waals surface area contributed by atoms with E-state index in [2.05, 4.69) is 0 Å². The number of piperazine rings is 1. The average Bonchev–Trinajstić information content (AvgIpc) is 2.90. The van der Waals surface area contributed by atoms with Crippen LogP contribution in [0.25, 0.3) is 0 Å². The molecule has 9 nitrogen and oxygen atoms in total. The third kappa shape index (κ3) is 4.50. The Hall–Kier alpha value is -3.75. The van der Waals surface area contributed by atoms with Gasteiger partial charge in [-0.2, -0.15) is 0 Å².